The van der Waals surface area contributed by atoms with Crippen molar-refractivity contribution < 1.29 is 4.79 Å². The number of thioether (sulfide) groups is 1. The standard InChI is InChI=1S/C14H22N2OS/c1-18-10-4-2-3-9-16-11-12-5-7-13(8-6-12)14(15)17/h5-8,16H,2-4,9-11H2,1H3,(H2,15,17). The smallest absolute Gasteiger partial charge is 0.248 e. The molecule has 4 heteroatoms. The average Bonchev–Trinajstić information content (AvgIpc) is 2.38. The Bertz CT molecular complexity index is 351. The summed E-state index contributed by atoms with van der Waals surface area (Å²) >= 11 is 1.91. The lowest BCUT2D eigenvalue weighted by Crippen LogP contribution is -2.15. The van der Waals surface area contributed by atoms with Crippen LogP contribution in [-0.2, 0) is 6.54 Å². The number of unbranched alkanes of at least 4 members (excludes halogenated alkanes) is 2. The van der Waals surface area contributed by atoms with E-state index in [0.29, 0.717) is 5.56 Å². The van der Waals surface area contributed by atoms with Crippen molar-refractivity contribution in [1.29, 1.82) is 0 Å². The number of nitrogens with one attached hydrogen (secondary N) is 1. The van der Waals surface area contributed by atoms with E-state index in [1.165, 1.54) is 30.6 Å². The number of benzene rings is 1. The molecule has 0 aliphatic rings. The van der Waals surface area contributed by atoms with Gasteiger partial charge >= 0.3 is 0 Å². The van der Waals surface area contributed by atoms with Gasteiger partial charge in [0.1, 0.15) is 0 Å². The normalized spacial score (nSPS) is 10.5. The topological polar surface area (TPSA) is 55.1 Å². The van der Waals surface area contributed by atoms with Crippen molar-refractivity contribution in [3.63, 3.8) is 0 Å². The molecule has 0 aromatic heterocycles. The van der Waals surface area contributed by atoms with E-state index in [4.69, 9.17) is 5.73 Å². The van der Waals surface area contributed by atoms with Crippen molar-refractivity contribution in [2.45, 2.75) is 25.8 Å². The fourth-order valence-corrected chi connectivity index (χ4v) is 2.19. The van der Waals surface area contributed by atoms with Gasteiger partial charge in [-0.3, -0.25) is 4.79 Å². The highest BCUT2D eigenvalue weighted by molar-refractivity contribution is 7.98. The van der Waals surface area contributed by atoms with Crippen LogP contribution >= 0.6 is 11.8 Å². The van der Waals surface area contributed by atoms with Gasteiger partial charge in [0.25, 0.3) is 0 Å². The highest BCUT2D eigenvalue weighted by Gasteiger charge is 1.99. The molecule has 1 amide bonds. The highest BCUT2D eigenvalue weighted by atomic mass is 32.2. The molecule has 1 aromatic carbocycles. The van der Waals surface area contributed by atoms with Gasteiger partial charge in [-0.2, -0.15) is 11.8 Å². The molecule has 3 N–H and O–H groups in total. The molecule has 0 bridgehead atoms. The van der Waals surface area contributed by atoms with Crippen LogP contribution in [0.3, 0.4) is 0 Å². The van der Waals surface area contributed by atoms with Gasteiger partial charge in [0.05, 0.1) is 0 Å². The Labute approximate surface area is 114 Å². The third kappa shape index (κ3) is 6.07. The molecule has 0 heterocycles. The number of primary amides is 1. The summed E-state index contributed by atoms with van der Waals surface area (Å²) in [5, 5.41) is 3.40. The zero-order valence-electron chi connectivity index (χ0n) is 10.9. The summed E-state index contributed by atoms with van der Waals surface area (Å²) in [5.74, 6) is 0.887. The molecule has 0 radical (unpaired) electrons. The van der Waals surface area contributed by atoms with Crippen LogP contribution in [0.1, 0.15) is 35.2 Å². The van der Waals surface area contributed by atoms with E-state index >= 15 is 0 Å². The van der Waals surface area contributed by atoms with Crippen LogP contribution in [0.4, 0.5) is 0 Å². The van der Waals surface area contributed by atoms with E-state index in [9.17, 15) is 4.79 Å². The Kier molecular flexibility index (Phi) is 7.53. The van der Waals surface area contributed by atoms with E-state index in [1.807, 2.05) is 23.9 Å². The molecule has 0 unspecified atom stereocenters. The maximum atomic E-state index is 10.9. The quantitative estimate of drug-likeness (QED) is 0.675. The van der Waals surface area contributed by atoms with Gasteiger partial charge in [-0.25, -0.2) is 0 Å². The van der Waals surface area contributed by atoms with Gasteiger partial charge in [-0.15, -0.1) is 0 Å². The van der Waals surface area contributed by atoms with E-state index in [2.05, 4.69) is 11.6 Å². The lowest BCUT2D eigenvalue weighted by molar-refractivity contribution is 0.100. The summed E-state index contributed by atoms with van der Waals surface area (Å²) in [6, 6.07) is 7.44. The van der Waals surface area contributed by atoms with Crippen LogP contribution in [0.15, 0.2) is 24.3 Å². The predicted octanol–water partition coefficient (Wildman–Crippen LogP) is 2.41. The lowest BCUT2D eigenvalue weighted by atomic mass is 10.1. The molecule has 100 valence electrons. The van der Waals surface area contributed by atoms with Crippen LogP contribution in [0.5, 0.6) is 0 Å². The molecule has 0 aliphatic heterocycles. The zero-order valence-corrected chi connectivity index (χ0v) is 11.8. The number of hydrogen-bond acceptors (Lipinski definition) is 3. The molecular formula is C14H22N2OS. The molecule has 18 heavy (non-hydrogen) atoms. The maximum Gasteiger partial charge on any atom is 0.248 e. The monoisotopic (exact) mass is 266 g/mol. The van der Waals surface area contributed by atoms with Crippen molar-refractivity contribution in [1.82, 2.24) is 5.32 Å². The van der Waals surface area contributed by atoms with Crippen molar-refractivity contribution in [3.05, 3.63) is 35.4 Å². The van der Waals surface area contributed by atoms with Crippen LogP contribution in [-0.4, -0.2) is 24.5 Å². The zero-order chi connectivity index (χ0) is 13.2. The summed E-state index contributed by atoms with van der Waals surface area (Å²) in [6.45, 7) is 1.90. The minimum Gasteiger partial charge on any atom is -0.366 e. The molecule has 0 fully saturated rings. The molecule has 0 saturated carbocycles. The highest BCUT2D eigenvalue weighted by Crippen LogP contribution is 2.04. The lowest BCUT2D eigenvalue weighted by Gasteiger charge is -2.05. The molecule has 0 atom stereocenters. The largest absolute Gasteiger partial charge is 0.366 e. The first-order valence-electron chi connectivity index (χ1n) is 6.32. The molecule has 3 nitrogen and oxygen atoms in total. The van der Waals surface area contributed by atoms with E-state index in [-0.39, 0.29) is 5.91 Å². The van der Waals surface area contributed by atoms with E-state index < -0.39 is 0 Å². The fraction of sp³-hybridized carbons (Fsp3) is 0.500. The molecule has 1 aromatic rings. The Morgan fingerprint density at radius 3 is 2.56 bits per heavy atom. The van der Waals surface area contributed by atoms with Crippen LogP contribution in [0, 0.1) is 0 Å². The molecule has 0 spiro atoms. The Morgan fingerprint density at radius 2 is 1.94 bits per heavy atom. The van der Waals surface area contributed by atoms with Gasteiger partial charge < -0.3 is 11.1 Å². The second-order valence-electron chi connectivity index (χ2n) is 4.29. The molecular weight excluding hydrogens is 244 g/mol. The maximum absolute atomic E-state index is 10.9. The van der Waals surface area contributed by atoms with Crippen LogP contribution in [0.2, 0.25) is 0 Å². The molecule has 0 aliphatic carbocycles. The van der Waals surface area contributed by atoms with Crippen LogP contribution < -0.4 is 11.1 Å². The molecule has 0 saturated heterocycles. The Balaban J connectivity index is 2.14. The third-order valence-corrected chi connectivity index (χ3v) is 3.47. The van der Waals surface area contributed by atoms with Crippen molar-refractivity contribution in [3.8, 4) is 0 Å². The number of nitrogens with two attached hydrogens (primary N) is 1. The minimum absolute atomic E-state index is 0.372. The number of carbonyl (C=O) groups is 1. The first-order valence-corrected chi connectivity index (χ1v) is 7.72. The van der Waals surface area contributed by atoms with Gasteiger partial charge in [0, 0.05) is 12.1 Å². The summed E-state index contributed by atoms with van der Waals surface area (Å²) in [5.41, 5.74) is 6.94. The van der Waals surface area contributed by atoms with Gasteiger partial charge in [-0.1, -0.05) is 18.6 Å². The predicted molar refractivity (Wildman–Crippen MR) is 78.9 cm³/mol. The summed E-state index contributed by atoms with van der Waals surface area (Å²) in [6.07, 6.45) is 5.96. The molecule has 1 rings (SSSR count). The second kappa shape index (κ2) is 9.00. The number of amides is 1. The first kappa shape index (κ1) is 15.1. The van der Waals surface area contributed by atoms with E-state index in [0.717, 1.165) is 13.1 Å². The Morgan fingerprint density at radius 1 is 1.22 bits per heavy atom. The second-order valence-corrected chi connectivity index (χ2v) is 5.28. The number of rotatable bonds is 9. The third-order valence-electron chi connectivity index (χ3n) is 2.77. The van der Waals surface area contributed by atoms with Crippen molar-refractivity contribution in [2.24, 2.45) is 5.73 Å². The average molecular weight is 266 g/mol. The van der Waals surface area contributed by atoms with Gasteiger partial charge in [0.15, 0.2) is 0 Å². The van der Waals surface area contributed by atoms with Crippen molar-refractivity contribution >= 4 is 17.7 Å². The van der Waals surface area contributed by atoms with Crippen LogP contribution in [0.25, 0.3) is 0 Å². The van der Waals surface area contributed by atoms with Gasteiger partial charge in [-0.05, 0) is 49.1 Å². The Hall–Kier alpha value is -1.00. The van der Waals surface area contributed by atoms with Crippen molar-refractivity contribution in [2.75, 3.05) is 18.6 Å². The van der Waals surface area contributed by atoms with E-state index in [1.54, 1.807) is 12.1 Å². The van der Waals surface area contributed by atoms with Gasteiger partial charge in [0.2, 0.25) is 5.91 Å². The summed E-state index contributed by atoms with van der Waals surface area (Å²) in [4.78, 5) is 10.9. The SMILES string of the molecule is CSCCCCCNCc1ccc(C(N)=O)cc1. The first-order chi connectivity index (χ1) is 8.74. The summed E-state index contributed by atoms with van der Waals surface area (Å²) in [7, 11) is 0. The number of carbonyl (C=O) groups excluding carboxylic acids is 1. The summed E-state index contributed by atoms with van der Waals surface area (Å²) < 4.78 is 0. The minimum atomic E-state index is -0.372. The fourth-order valence-electron chi connectivity index (χ4n) is 1.69. The number of hydrogen-bond donors (Lipinski definition) is 2.